The molecule has 0 atom stereocenters. The van der Waals surface area contributed by atoms with Gasteiger partial charge < -0.3 is 0 Å². The van der Waals surface area contributed by atoms with Crippen LogP contribution in [0.4, 0.5) is 14.5 Å². The molecule has 0 saturated heterocycles. The second kappa shape index (κ2) is 1.89. The molecule has 64 valence electrons. The van der Waals surface area contributed by atoms with E-state index in [1.165, 1.54) is 0 Å². The topological polar surface area (TPSA) is 12.4 Å². The van der Waals surface area contributed by atoms with E-state index in [2.05, 4.69) is 23.2 Å². The Kier molecular flexibility index (Phi) is 2.02. The third-order valence-corrected chi connectivity index (χ3v) is 2.55. The Balaban J connectivity index is 4.96. The van der Waals surface area contributed by atoms with Crippen LogP contribution in [0, 0.1) is 0 Å². The standard InChI is InChI=1S/CCl2F5NTe/c2-1(3)9-10(4,5,6,7)8. The van der Waals surface area contributed by atoms with E-state index in [0.717, 1.165) is 3.24 Å². The van der Waals surface area contributed by atoms with Crippen LogP contribution in [0.25, 0.3) is 0 Å². The quantitative estimate of drug-likeness (QED) is 0.400. The van der Waals surface area contributed by atoms with Crippen LogP contribution in [0.2, 0.25) is 0 Å². The Morgan fingerprint density at radius 2 is 1.30 bits per heavy atom. The van der Waals surface area contributed by atoms with Crippen LogP contribution in [0.3, 0.4) is 0 Å². The Morgan fingerprint density at radius 3 is 1.30 bits per heavy atom. The summed E-state index contributed by atoms with van der Waals surface area (Å²) in [5.74, 6) is 0. The van der Waals surface area contributed by atoms with Gasteiger partial charge in [-0.3, -0.25) is 0 Å². The Hall–Kier alpha value is 0.690. The molecule has 0 aliphatic rings. The zero-order chi connectivity index (χ0) is 8.69. The van der Waals surface area contributed by atoms with Crippen molar-refractivity contribution >= 4 is 46.4 Å². The number of halogens is 7. The van der Waals surface area contributed by atoms with Crippen LogP contribution < -0.4 is 0 Å². The molecular formula is CCl2F5NTe. The molecule has 0 radical (unpaired) electrons. The predicted octanol–water partition coefficient (Wildman–Crippen LogP) is 3.00. The summed E-state index contributed by atoms with van der Waals surface area (Å²) in [6.07, 6.45) is 0. The Bertz CT molecular complexity index is 173. The first-order valence-electron chi connectivity index (χ1n) is 1.56. The molecule has 0 aromatic carbocycles. The number of rotatable bonds is 1. The molecule has 0 unspecified atom stereocenters. The van der Waals surface area contributed by atoms with Crippen molar-refractivity contribution < 1.29 is 14.5 Å². The molecule has 1 nitrogen and oxygen atoms in total. The van der Waals surface area contributed by atoms with Crippen molar-refractivity contribution in [2.45, 2.75) is 0 Å². The third-order valence-electron chi connectivity index (χ3n) is 0.242. The van der Waals surface area contributed by atoms with Crippen molar-refractivity contribution in [1.29, 1.82) is 0 Å². The molecule has 0 N–H and O–H groups in total. The zero-order valence-electron chi connectivity index (χ0n) is 4.00. The maximum atomic E-state index is 11.2. The van der Waals surface area contributed by atoms with Crippen molar-refractivity contribution in [3.8, 4) is 0 Å². The van der Waals surface area contributed by atoms with Gasteiger partial charge in [-0.1, -0.05) is 0 Å². The second-order valence-electron chi connectivity index (χ2n) is 1.26. The fraction of sp³-hybridized carbons (Fsp3) is 0. The van der Waals surface area contributed by atoms with Gasteiger partial charge in [0.05, 0.1) is 0 Å². The van der Waals surface area contributed by atoms with Gasteiger partial charge >= 0.3 is 64.1 Å². The van der Waals surface area contributed by atoms with Crippen LogP contribution in [-0.2, 0) is 0 Å². The van der Waals surface area contributed by atoms with Gasteiger partial charge in [0.1, 0.15) is 0 Å². The molecule has 0 heterocycles. The third kappa shape index (κ3) is 8.69. The first-order valence-corrected chi connectivity index (χ1v) is 7.76. The first-order chi connectivity index (χ1) is 3.89. The van der Waals surface area contributed by atoms with E-state index in [1.54, 1.807) is 0 Å². The summed E-state index contributed by atoms with van der Waals surface area (Å²) in [6, 6.07) is 0. The van der Waals surface area contributed by atoms with Gasteiger partial charge in [0.2, 0.25) is 0 Å². The summed E-state index contributed by atoms with van der Waals surface area (Å²) < 4.78 is 55.2. The average Bonchev–Trinajstić information content (AvgIpc) is 1.12. The van der Waals surface area contributed by atoms with Crippen LogP contribution >= 0.6 is 23.2 Å². The van der Waals surface area contributed by atoms with Crippen LogP contribution in [-0.4, -0.2) is 23.2 Å². The number of nitrogens with zero attached hydrogens (tertiary/aromatic N) is 1. The summed E-state index contributed by atoms with van der Waals surface area (Å²) in [5, 5.41) is 0. The Morgan fingerprint density at radius 1 is 1.00 bits per heavy atom. The molecule has 0 aromatic rings. The van der Waals surface area contributed by atoms with E-state index in [4.69, 9.17) is 0 Å². The molecule has 0 fully saturated rings. The van der Waals surface area contributed by atoms with Gasteiger partial charge in [0.15, 0.2) is 0 Å². The molecule has 0 amide bonds. The molecule has 0 rings (SSSR count). The molecule has 9 heteroatoms. The van der Waals surface area contributed by atoms with Gasteiger partial charge in [0.25, 0.3) is 0 Å². The molecule has 0 aliphatic heterocycles. The molecule has 0 saturated carbocycles. The van der Waals surface area contributed by atoms with E-state index >= 15 is 0 Å². The number of hydrogen-bond donors (Lipinski definition) is 0. The van der Waals surface area contributed by atoms with Crippen molar-refractivity contribution in [1.82, 2.24) is 0 Å². The van der Waals surface area contributed by atoms with Crippen LogP contribution in [0.1, 0.15) is 0 Å². The fourth-order valence-corrected chi connectivity index (χ4v) is 2.62. The van der Waals surface area contributed by atoms with Gasteiger partial charge in [-0.15, -0.1) is 0 Å². The van der Waals surface area contributed by atoms with Gasteiger partial charge in [0, 0.05) is 0 Å². The summed E-state index contributed by atoms with van der Waals surface area (Å²) >= 11 is -1.95. The molecule has 10 heavy (non-hydrogen) atoms. The number of hydrogen-bond acceptors (Lipinski definition) is 1. The summed E-state index contributed by atoms with van der Waals surface area (Å²) in [6.45, 7) is 0. The minimum atomic E-state index is -10.6. The molecule has 0 aromatic heterocycles. The monoisotopic (exact) mass is 321 g/mol. The van der Waals surface area contributed by atoms with Crippen molar-refractivity contribution in [2.24, 2.45) is 3.24 Å². The van der Waals surface area contributed by atoms with E-state index in [0.29, 0.717) is 0 Å². The summed E-state index contributed by atoms with van der Waals surface area (Å²) in [7, 11) is 0. The first kappa shape index (κ1) is 10.7. The average molecular weight is 320 g/mol. The molecule has 0 aliphatic carbocycles. The van der Waals surface area contributed by atoms with Crippen molar-refractivity contribution in [3.63, 3.8) is 0 Å². The van der Waals surface area contributed by atoms with E-state index in [9.17, 15) is 14.5 Å². The fourth-order valence-electron chi connectivity index (χ4n) is 0.130. The van der Waals surface area contributed by atoms with E-state index in [-0.39, 0.29) is 0 Å². The van der Waals surface area contributed by atoms with E-state index < -0.39 is 23.2 Å². The predicted molar refractivity (Wildman–Crippen MR) is 30.4 cm³/mol. The normalized spacial score (nSPS) is 19.1. The SMILES string of the molecule is F[Te](F)(F)(F)(F)N=C(Cl)Cl. The van der Waals surface area contributed by atoms with Gasteiger partial charge in [-0.2, -0.15) is 0 Å². The Labute approximate surface area is 64.2 Å². The summed E-state index contributed by atoms with van der Waals surface area (Å²) in [4.78, 5) is 0. The van der Waals surface area contributed by atoms with Crippen LogP contribution in [0.5, 0.6) is 0 Å². The van der Waals surface area contributed by atoms with Crippen molar-refractivity contribution in [2.75, 3.05) is 0 Å². The molecule has 0 spiro atoms. The maximum absolute atomic E-state index is 11.2. The molecule has 0 bridgehead atoms. The minimum absolute atomic E-state index is 0.977. The van der Waals surface area contributed by atoms with Crippen LogP contribution in [0.15, 0.2) is 3.24 Å². The molecular weight excluding hydrogens is 320 g/mol. The van der Waals surface area contributed by atoms with Gasteiger partial charge in [-0.25, -0.2) is 0 Å². The van der Waals surface area contributed by atoms with E-state index in [1.807, 2.05) is 0 Å². The van der Waals surface area contributed by atoms with Gasteiger partial charge in [-0.05, 0) is 0 Å². The second-order valence-corrected chi connectivity index (χ2v) is 7.99. The van der Waals surface area contributed by atoms with Crippen molar-refractivity contribution in [3.05, 3.63) is 0 Å². The summed E-state index contributed by atoms with van der Waals surface area (Å²) in [5.41, 5.74) is 0. The zero-order valence-corrected chi connectivity index (χ0v) is 7.84.